The minimum atomic E-state index is -0.227. The first-order valence-corrected chi connectivity index (χ1v) is 11.4. The molecule has 0 aliphatic rings. The molecule has 4 nitrogen and oxygen atoms in total. The third-order valence-electron chi connectivity index (χ3n) is 5.11. The van der Waals surface area contributed by atoms with Gasteiger partial charge in [-0.3, -0.25) is 4.79 Å². The molecule has 2 rings (SSSR count). The Balaban J connectivity index is 1.89. The highest BCUT2D eigenvalue weighted by Gasteiger charge is 2.15. The Kier molecular flexibility index (Phi) is 10.8. The summed E-state index contributed by atoms with van der Waals surface area (Å²) in [6.07, 6.45) is 10.5. The summed E-state index contributed by atoms with van der Waals surface area (Å²) in [5.41, 5.74) is 0.770. The maximum atomic E-state index is 12.9. The van der Waals surface area contributed by atoms with Gasteiger partial charge >= 0.3 is 0 Å². The van der Waals surface area contributed by atoms with Gasteiger partial charge in [0.15, 0.2) is 5.78 Å². The largest absolute Gasteiger partial charge is 0.507 e. The number of benzene rings is 2. The fraction of sp³-hybridized carbons (Fsp3) is 0.500. The molecule has 4 heteroatoms. The van der Waals surface area contributed by atoms with Crippen molar-refractivity contribution in [3.8, 4) is 17.2 Å². The third kappa shape index (κ3) is 8.10. The van der Waals surface area contributed by atoms with E-state index in [1.807, 2.05) is 0 Å². The first-order chi connectivity index (χ1) is 14.7. The molecule has 0 atom stereocenters. The Morgan fingerprint density at radius 2 is 1.27 bits per heavy atom. The summed E-state index contributed by atoms with van der Waals surface area (Å²) in [5, 5.41) is 10.2. The maximum absolute atomic E-state index is 12.9. The molecule has 0 radical (unpaired) electrons. The van der Waals surface area contributed by atoms with Crippen LogP contribution in [0.25, 0.3) is 0 Å². The van der Waals surface area contributed by atoms with Crippen molar-refractivity contribution < 1.29 is 19.4 Å². The van der Waals surface area contributed by atoms with Gasteiger partial charge < -0.3 is 14.6 Å². The number of hydrogen-bond acceptors (Lipinski definition) is 4. The normalized spacial score (nSPS) is 10.7. The van der Waals surface area contributed by atoms with Gasteiger partial charge in [0, 0.05) is 5.56 Å². The van der Waals surface area contributed by atoms with E-state index in [9.17, 15) is 9.90 Å². The van der Waals surface area contributed by atoms with Crippen LogP contribution < -0.4 is 9.47 Å². The standard InChI is InChI=1S/C26H36O4/c1-3-5-7-8-9-11-19-30-23-16-17-25(27)24(20-23)26(28)21-12-14-22(15-13-21)29-18-10-6-4-2/h12-17,20,27H,3-11,18-19H2,1-2H3. The molecule has 0 aliphatic carbocycles. The van der Waals surface area contributed by atoms with E-state index >= 15 is 0 Å². The number of phenols is 1. The quantitative estimate of drug-likeness (QED) is 0.254. The maximum Gasteiger partial charge on any atom is 0.196 e. The van der Waals surface area contributed by atoms with Crippen LogP contribution in [-0.2, 0) is 0 Å². The van der Waals surface area contributed by atoms with Crippen LogP contribution in [0.5, 0.6) is 17.2 Å². The van der Waals surface area contributed by atoms with Crippen LogP contribution in [0.15, 0.2) is 42.5 Å². The number of unbranched alkanes of at least 4 members (excludes halogenated alkanes) is 7. The summed E-state index contributed by atoms with van der Waals surface area (Å²) in [4.78, 5) is 12.9. The summed E-state index contributed by atoms with van der Waals surface area (Å²) in [6.45, 7) is 5.67. The first-order valence-electron chi connectivity index (χ1n) is 11.4. The van der Waals surface area contributed by atoms with E-state index in [0.717, 1.165) is 37.9 Å². The van der Waals surface area contributed by atoms with Crippen molar-refractivity contribution in [2.24, 2.45) is 0 Å². The topological polar surface area (TPSA) is 55.8 Å². The van der Waals surface area contributed by atoms with Gasteiger partial charge in [0.25, 0.3) is 0 Å². The van der Waals surface area contributed by atoms with Crippen LogP contribution in [0.4, 0.5) is 0 Å². The van der Waals surface area contributed by atoms with Gasteiger partial charge in [-0.25, -0.2) is 0 Å². The second-order valence-corrected chi connectivity index (χ2v) is 7.70. The lowest BCUT2D eigenvalue weighted by atomic mass is 10.0. The predicted molar refractivity (Wildman–Crippen MR) is 122 cm³/mol. The van der Waals surface area contributed by atoms with Gasteiger partial charge in [-0.1, -0.05) is 58.8 Å². The van der Waals surface area contributed by atoms with Crippen LogP contribution >= 0.6 is 0 Å². The molecule has 0 aliphatic heterocycles. The van der Waals surface area contributed by atoms with Gasteiger partial charge in [0.05, 0.1) is 18.8 Å². The second-order valence-electron chi connectivity index (χ2n) is 7.70. The lowest BCUT2D eigenvalue weighted by molar-refractivity contribution is 0.103. The van der Waals surface area contributed by atoms with Gasteiger partial charge in [-0.05, 0) is 55.3 Å². The molecular weight excluding hydrogens is 376 g/mol. The van der Waals surface area contributed by atoms with Crippen LogP contribution in [0.3, 0.4) is 0 Å². The number of phenolic OH excluding ortho intramolecular Hbond substituents is 1. The molecule has 0 aromatic heterocycles. The molecule has 0 heterocycles. The molecular formula is C26H36O4. The van der Waals surface area contributed by atoms with E-state index in [0.29, 0.717) is 24.5 Å². The number of rotatable bonds is 15. The van der Waals surface area contributed by atoms with E-state index in [2.05, 4.69) is 13.8 Å². The summed E-state index contributed by atoms with van der Waals surface area (Å²) in [5.74, 6) is 1.10. The van der Waals surface area contributed by atoms with Crippen LogP contribution in [0.2, 0.25) is 0 Å². The van der Waals surface area contributed by atoms with Crippen molar-refractivity contribution in [3.63, 3.8) is 0 Å². The van der Waals surface area contributed by atoms with Crippen molar-refractivity contribution in [2.45, 2.75) is 71.6 Å². The number of carbonyl (C=O) groups excluding carboxylic acids is 1. The SMILES string of the molecule is CCCCCCCCOc1ccc(O)c(C(=O)c2ccc(OCCCCC)cc2)c1. The Labute approximate surface area is 181 Å². The van der Waals surface area contributed by atoms with Crippen molar-refractivity contribution in [1.82, 2.24) is 0 Å². The van der Waals surface area contributed by atoms with Crippen LogP contribution in [-0.4, -0.2) is 24.1 Å². The van der Waals surface area contributed by atoms with Crippen molar-refractivity contribution in [2.75, 3.05) is 13.2 Å². The van der Waals surface area contributed by atoms with Crippen LogP contribution in [0.1, 0.15) is 87.6 Å². The molecule has 0 amide bonds. The number of ketones is 1. The molecule has 164 valence electrons. The average Bonchev–Trinajstić information content (AvgIpc) is 2.77. The van der Waals surface area contributed by atoms with Gasteiger partial charge in [0.2, 0.25) is 0 Å². The highest BCUT2D eigenvalue weighted by Crippen LogP contribution is 2.26. The summed E-state index contributed by atoms with van der Waals surface area (Å²) in [7, 11) is 0. The molecule has 0 spiro atoms. The predicted octanol–water partition coefficient (Wildman–Crippen LogP) is 6.93. The number of aromatic hydroxyl groups is 1. The summed E-state index contributed by atoms with van der Waals surface area (Å²) < 4.78 is 11.5. The van der Waals surface area contributed by atoms with E-state index in [4.69, 9.17) is 9.47 Å². The zero-order valence-corrected chi connectivity index (χ0v) is 18.5. The summed E-state index contributed by atoms with van der Waals surface area (Å²) >= 11 is 0. The Morgan fingerprint density at radius 1 is 0.733 bits per heavy atom. The fourth-order valence-corrected chi connectivity index (χ4v) is 3.26. The van der Waals surface area contributed by atoms with E-state index in [1.165, 1.54) is 31.7 Å². The zero-order valence-electron chi connectivity index (χ0n) is 18.5. The molecule has 0 saturated heterocycles. The van der Waals surface area contributed by atoms with Crippen molar-refractivity contribution in [3.05, 3.63) is 53.6 Å². The van der Waals surface area contributed by atoms with Crippen molar-refractivity contribution in [1.29, 1.82) is 0 Å². The first kappa shape index (κ1) is 23.8. The molecule has 1 N–H and O–H groups in total. The van der Waals surface area contributed by atoms with E-state index in [1.54, 1.807) is 36.4 Å². The smallest absolute Gasteiger partial charge is 0.196 e. The molecule has 0 unspecified atom stereocenters. The van der Waals surface area contributed by atoms with Gasteiger partial charge in [-0.15, -0.1) is 0 Å². The van der Waals surface area contributed by atoms with Crippen molar-refractivity contribution >= 4 is 5.78 Å². The lowest BCUT2D eigenvalue weighted by Crippen LogP contribution is -2.04. The lowest BCUT2D eigenvalue weighted by Gasteiger charge is -2.10. The second kappa shape index (κ2) is 13.7. The zero-order chi connectivity index (χ0) is 21.6. The molecule has 0 fully saturated rings. The monoisotopic (exact) mass is 412 g/mol. The number of hydrogen-bond donors (Lipinski definition) is 1. The Hall–Kier alpha value is -2.49. The fourth-order valence-electron chi connectivity index (χ4n) is 3.26. The minimum Gasteiger partial charge on any atom is -0.507 e. The molecule has 0 bridgehead atoms. The molecule has 0 saturated carbocycles. The van der Waals surface area contributed by atoms with Gasteiger partial charge in [-0.2, -0.15) is 0 Å². The minimum absolute atomic E-state index is 0.0354. The molecule has 2 aromatic carbocycles. The van der Waals surface area contributed by atoms with Gasteiger partial charge in [0.1, 0.15) is 17.2 Å². The highest BCUT2D eigenvalue weighted by molar-refractivity contribution is 6.10. The van der Waals surface area contributed by atoms with E-state index < -0.39 is 0 Å². The van der Waals surface area contributed by atoms with E-state index in [-0.39, 0.29) is 17.1 Å². The Morgan fingerprint density at radius 3 is 1.97 bits per heavy atom. The Bertz CT molecular complexity index is 752. The third-order valence-corrected chi connectivity index (χ3v) is 5.11. The summed E-state index contributed by atoms with van der Waals surface area (Å²) in [6, 6.07) is 11.9. The molecule has 2 aromatic rings. The molecule has 30 heavy (non-hydrogen) atoms. The number of ether oxygens (including phenoxy) is 2. The number of carbonyl (C=O) groups is 1. The average molecular weight is 413 g/mol. The van der Waals surface area contributed by atoms with Crippen LogP contribution in [0, 0.1) is 0 Å². The highest BCUT2D eigenvalue weighted by atomic mass is 16.5.